The van der Waals surface area contributed by atoms with Crippen LogP contribution in [0.25, 0.3) is 0 Å². The Morgan fingerprint density at radius 1 is 1.00 bits per heavy atom. The number of hydrogen-bond donors (Lipinski definition) is 3. The lowest BCUT2D eigenvalue weighted by Gasteiger charge is -2.23. The van der Waals surface area contributed by atoms with Crippen LogP contribution in [0.15, 0.2) is 0 Å². The fraction of sp³-hybridized carbons (Fsp3) is 1.00. The molecule has 0 saturated carbocycles. The van der Waals surface area contributed by atoms with E-state index in [4.69, 9.17) is 0 Å². The van der Waals surface area contributed by atoms with E-state index < -0.39 is 0 Å². The predicted molar refractivity (Wildman–Crippen MR) is 43.1 cm³/mol. The molecule has 0 aliphatic heterocycles. The number of nitrogens with one attached hydrogen (secondary N) is 2. The Kier molecular flexibility index (Phi) is 4.60. The van der Waals surface area contributed by atoms with Gasteiger partial charge in [-0.2, -0.15) is 0 Å². The molecule has 2 atom stereocenters. The smallest absolute Gasteiger partial charge is 0.0840 e. The average Bonchev–Trinajstić information content (AvgIpc) is 2.00. The van der Waals surface area contributed by atoms with Gasteiger partial charge in [0.05, 0.1) is 6.10 Å². The zero-order valence-electron chi connectivity index (χ0n) is 7.18. The molecule has 3 N–H and O–H groups in total. The van der Waals surface area contributed by atoms with Crippen molar-refractivity contribution >= 4 is 0 Å². The number of aliphatic hydroxyl groups excluding tert-OH is 1. The molecule has 10 heavy (non-hydrogen) atoms. The van der Waals surface area contributed by atoms with Crippen molar-refractivity contribution in [3.05, 3.63) is 0 Å². The molecule has 0 fully saturated rings. The third kappa shape index (κ3) is 2.64. The molecule has 0 aromatic carbocycles. The van der Waals surface area contributed by atoms with Crippen LogP contribution in [0.1, 0.15) is 13.8 Å². The first-order chi connectivity index (χ1) is 4.63. The Labute approximate surface area is 62.8 Å². The van der Waals surface area contributed by atoms with Gasteiger partial charge in [-0.15, -0.1) is 0 Å². The maximum absolute atomic E-state index is 9.46. The summed E-state index contributed by atoms with van der Waals surface area (Å²) in [6, 6.07) is 0.282. The average molecular weight is 146 g/mol. The molecule has 0 aliphatic rings. The van der Waals surface area contributed by atoms with Crippen LogP contribution in [-0.2, 0) is 0 Å². The summed E-state index contributed by atoms with van der Waals surface area (Å²) >= 11 is 0. The Bertz CT molecular complexity index is 77.7. The SMILES string of the molecule is CNC(C)C(O)C(C)NC. The van der Waals surface area contributed by atoms with E-state index in [1.165, 1.54) is 0 Å². The van der Waals surface area contributed by atoms with E-state index in [9.17, 15) is 5.11 Å². The molecule has 3 nitrogen and oxygen atoms in total. The number of hydrogen-bond acceptors (Lipinski definition) is 3. The zero-order chi connectivity index (χ0) is 8.15. The molecule has 0 rings (SSSR count). The molecular formula is C7H18N2O. The van der Waals surface area contributed by atoms with Gasteiger partial charge in [0, 0.05) is 12.1 Å². The minimum atomic E-state index is -0.324. The minimum absolute atomic E-state index is 0.141. The van der Waals surface area contributed by atoms with Crippen molar-refractivity contribution in [3.8, 4) is 0 Å². The van der Waals surface area contributed by atoms with Gasteiger partial charge in [-0.05, 0) is 27.9 Å². The summed E-state index contributed by atoms with van der Waals surface area (Å²) in [7, 11) is 3.69. The van der Waals surface area contributed by atoms with Gasteiger partial charge < -0.3 is 15.7 Å². The monoisotopic (exact) mass is 146 g/mol. The molecule has 0 amide bonds. The van der Waals surface area contributed by atoms with Crippen molar-refractivity contribution in [2.75, 3.05) is 14.1 Å². The second-order valence-electron chi connectivity index (χ2n) is 2.65. The van der Waals surface area contributed by atoms with E-state index in [1.54, 1.807) is 0 Å². The Morgan fingerprint density at radius 2 is 1.30 bits per heavy atom. The van der Waals surface area contributed by atoms with E-state index >= 15 is 0 Å². The molecule has 0 spiro atoms. The Balaban J connectivity index is 3.69. The fourth-order valence-corrected chi connectivity index (χ4v) is 0.775. The van der Waals surface area contributed by atoms with Crippen molar-refractivity contribution in [2.45, 2.75) is 32.0 Å². The molecule has 3 heteroatoms. The molecule has 0 heterocycles. The summed E-state index contributed by atoms with van der Waals surface area (Å²) in [5, 5.41) is 15.4. The van der Waals surface area contributed by atoms with Crippen LogP contribution in [0.2, 0.25) is 0 Å². The van der Waals surface area contributed by atoms with Gasteiger partial charge in [0.25, 0.3) is 0 Å². The van der Waals surface area contributed by atoms with E-state index in [0.717, 1.165) is 0 Å². The van der Waals surface area contributed by atoms with E-state index in [1.807, 2.05) is 27.9 Å². The second kappa shape index (κ2) is 4.66. The summed E-state index contributed by atoms with van der Waals surface area (Å²) in [6.07, 6.45) is -0.324. The van der Waals surface area contributed by atoms with Gasteiger partial charge in [0.15, 0.2) is 0 Å². The van der Waals surface area contributed by atoms with Gasteiger partial charge in [-0.25, -0.2) is 0 Å². The van der Waals surface area contributed by atoms with Crippen molar-refractivity contribution in [1.82, 2.24) is 10.6 Å². The van der Waals surface area contributed by atoms with Crippen molar-refractivity contribution in [1.29, 1.82) is 0 Å². The molecule has 62 valence electrons. The number of aliphatic hydroxyl groups is 1. The molecular weight excluding hydrogens is 128 g/mol. The lowest BCUT2D eigenvalue weighted by Crippen LogP contribution is -2.46. The van der Waals surface area contributed by atoms with Crippen LogP contribution in [0.4, 0.5) is 0 Å². The molecule has 0 radical (unpaired) electrons. The van der Waals surface area contributed by atoms with Crippen molar-refractivity contribution < 1.29 is 5.11 Å². The Morgan fingerprint density at radius 3 is 1.50 bits per heavy atom. The van der Waals surface area contributed by atoms with Crippen molar-refractivity contribution in [2.24, 2.45) is 0 Å². The third-order valence-electron chi connectivity index (χ3n) is 1.94. The lowest BCUT2D eigenvalue weighted by molar-refractivity contribution is 0.105. The van der Waals surface area contributed by atoms with Gasteiger partial charge in [-0.3, -0.25) is 0 Å². The van der Waals surface area contributed by atoms with Crippen LogP contribution in [0, 0.1) is 0 Å². The highest BCUT2D eigenvalue weighted by Gasteiger charge is 2.17. The van der Waals surface area contributed by atoms with Gasteiger partial charge in [0.1, 0.15) is 0 Å². The number of rotatable bonds is 4. The second-order valence-corrected chi connectivity index (χ2v) is 2.65. The third-order valence-corrected chi connectivity index (χ3v) is 1.94. The summed E-state index contributed by atoms with van der Waals surface area (Å²) in [5.41, 5.74) is 0. The highest BCUT2D eigenvalue weighted by atomic mass is 16.3. The molecule has 2 unspecified atom stereocenters. The topological polar surface area (TPSA) is 44.3 Å². The quantitative estimate of drug-likeness (QED) is 0.504. The Hall–Kier alpha value is -0.120. The van der Waals surface area contributed by atoms with Gasteiger partial charge >= 0.3 is 0 Å². The standard InChI is InChI=1S/C7H18N2O/c1-5(8-3)7(10)6(2)9-4/h5-10H,1-4H3. The predicted octanol–water partition coefficient (Wildman–Crippen LogP) is -0.437. The lowest BCUT2D eigenvalue weighted by atomic mass is 10.1. The van der Waals surface area contributed by atoms with Crippen LogP contribution in [0.5, 0.6) is 0 Å². The maximum atomic E-state index is 9.46. The van der Waals surface area contributed by atoms with Gasteiger partial charge in [0.2, 0.25) is 0 Å². The minimum Gasteiger partial charge on any atom is -0.390 e. The normalized spacial score (nSPS) is 20.1. The summed E-state index contributed by atoms with van der Waals surface area (Å²) < 4.78 is 0. The van der Waals surface area contributed by atoms with E-state index in [2.05, 4.69) is 10.6 Å². The molecule has 0 aromatic heterocycles. The fourth-order valence-electron chi connectivity index (χ4n) is 0.775. The van der Waals surface area contributed by atoms with Crippen LogP contribution in [0.3, 0.4) is 0 Å². The summed E-state index contributed by atoms with van der Waals surface area (Å²) in [6.45, 7) is 3.91. The zero-order valence-corrected chi connectivity index (χ0v) is 7.18. The van der Waals surface area contributed by atoms with E-state index in [0.29, 0.717) is 0 Å². The largest absolute Gasteiger partial charge is 0.390 e. The first-order valence-electron chi connectivity index (χ1n) is 3.66. The molecule has 0 saturated heterocycles. The molecule has 0 aliphatic carbocycles. The maximum Gasteiger partial charge on any atom is 0.0840 e. The summed E-state index contributed by atoms with van der Waals surface area (Å²) in [5.74, 6) is 0. The first kappa shape index (κ1) is 9.88. The van der Waals surface area contributed by atoms with Gasteiger partial charge in [-0.1, -0.05) is 0 Å². The number of likely N-dealkylation sites (N-methyl/N-ethyl adjacent to an activating group) is 2. The van der Waals surface area contributed by atoms with Crippen LogP contribution >= 0.6 is 0 Å². The molecule has 0 bridgehead atoms. The van der Waals surface area contributed by atoms with Crippen LogP contribution < -0.4 is 10.6 Å². The highest BCUT2D eigenvalue weighted by molar-refractivity contribution is 4.77. The highest BCUT2D eigenvalue weighted by Crippen LogP contribution is 1.97. The first-order valence-corrected chi connectivity index (χ1v) is 3.66. The van der Waals surface area contributed by atoms with E-state index in [-0.39, 0.29) is 18.2 Å². The molecule has 0 aromatic rings. The summed E-state index contributed by atoms with van der Waals surface area (Å²) in [4.78, 5) is 0. The van der Waals surface area contributed by atoms with Crippen LogP contribution in [-0.4, -0.2) is 37.4 Å². The van der Waals surface area contributed by atoms with Crippen molar-refractivity contribution in [3.63, 3.8) is 0 Å².